The number of anilines is 1. The van der Waals surface area contributed by atoms with Gasteiger partial charge in [0.15, 0.2) is 10.4 Å². The normalized spacial score (nSPS) is 10.5. The number of nitrogens with two attached hydrogens (primary N) is 1. The predicted octanol–water partition coefficient (Wildman–Crippen LogP) is 3.68. The molecule has 1 aromatic heterocycles. The fourth-order valence-corrected chi connectivity index (χ4v) is 2.33. The van der Waals surface area contributed by atoms with E-state index in [9.17, 15) is 4.79 Å². The van der Waals surface area contributed by atoms with E-state index in [4.69, 9.17) is 10.2 Å². The minimum atomic E-state index is -0.111. The molecule has 0 saturated carbocycles. The van der Waals surface area contributed by atoms with E-state index in [1.165, 1.54) is 0 Å². The summed E-state index contributed by atoms with van der Waals surface area (Å²) in [7, 11) is 0. The minimum absolute atomic E-state index is 0.111. The average molecular weight is 337 g/mol. The van der Waals surface area contributed by atoms with Crippen LogP contribution in [0, 0.1) is 0 Å². The van der Waals surface area contributed by atoms with Gasteiger partial charge >= 0.3 is 0 Å². The molecule has 5 heteroatoms. The number of nitrogens with zero attached hydrogens (tertiary/aromatic N) is 1. The first kappa shape index (κ1) is 14.7. The number of carbonyl (C=O) groups excluding carboxylic acids is 1. The Morgan fingerprint density at radius 3 is 2.75 bits per heavy atom. The van der Waals surface area contributed by atoms with Crippen molar-refractivity contribution in [3.05, 3.63) is 52.4 Å². The highest BCUT2D eigenvalue weighted by Gasteiger charge is 2.18. The van der Waals surface area contributed by atoms with E-state index >= 15 is 0 Å². The molecule has 4 nitrogen and oxygen atoms in total. The van der Waals surface area contributed by atoms with E-state index in [2.05, 4.69) is 15.9 Å². The summed E-state index contributed by atoms with van der Waals surface area (Å²) in [5.41, 5.74) is 7.48. The second-order valence-electron chi connectivity index (χ2n) is 4.58. The standard InChI is InChI=1S/C15H17BrN2O2/c1-2-8-18(10-11-4-3-5-12(17)9-11)15(19)13-6-7-14(16)20-13/h3-7,9H,2,8,10,17H2,1H3. The highest BCUT2D eigenvalue weighted by molar-refractivity contribution is 9.10. The van der Waals surface area contributed by atoms with Crippen molar-refractivity contribution in [1.82, 2.24) is 4.90 Å². The first-order valence-corrected chi connectivity index (χ1v) is 7.28. The second kappa shape index (κ2) is 6.61. The summed E-state index contributed by atoms with van der Waals surface area (Å²) in [6, 6.07) is 11.0. The van der Waals surface area contributed by atoms with Crippen molar-refractivity contribution in [2.24, 2.45) is 0 Å². The molecular formula is C15H17BrN2O2. The molecule has 1 amide bonds. The maximum Gasteiger partial charge on any atom is 0.289 e. The van der Waals surface area contributed by atoms with E-state index in [0.717, 1.165) is 12.0 Å². The van der Waals surface area contributed by atoms with Crippen molar-refractivity contribution in [2.45, 2.75) is 19.9 Å². The van der Waals surface area contributed by atoms with Crippen molar-refractivity contribution >= 4 is 27.5 Å². The van der Waals surface area contributed by atoms with Crippen LogP contribution in [0.1, 0.15) is 29.5 Å². The third-order valence-corrected chi connectivity index (χ3v) is 3.32. The van der Waals surface area contributed by atoms with Gasteiger partial charge in [-0.2, -0.15) is 0 Å². The van der Waals surface area contributed by atoms with Gasteiger partial charge in [-0.25, -0.2) is 0 Å². The molecule has 2 aromatic rings. The Morgan fingerprint density at radius 2 is 2.15 bits per heavy atom. The number of carbonyl (C=O) groups is 1. The number of amides is 1. The molecule has 20 heavy (non-hydrogen) atoms. The lowest BCUT2D eigenvalue weighted by molar-refractivity contribution is 0.0709. The van der Waals surface area contributed by atoms with Crippen LogP contribution in [0.4, 0.5) is 5.69 Å². The van der Waals surface area contributed by atoms with E-state index in [1.54, 1.807) is 17.0 Å². The quantitative estimate of drug-likeness (QED) is 0.847. The second-order valence-corrected chi connectivity index (χ2v) is 5.36. The molecule has 0 spiro atoms. The molecule has 1 heterocycles. The van der Waals surface area contributed by atoms with Crippen molar-refractivity contribution in [3.63, 3.8) is 0 Å². The van der Waals surface area contributed by atoms with Crippen LogP contribution >= 0.6 is 15.9 Å². The summed E-state index contributed by atoms with van der Waals surface area (Å²) in [5, 5.41) is 0. The zero-order valence-corrected chi connectivity index (χ0v) is 12.9. The van der Waals surface area contributed by atoms with Crippen LogP contribution < -0.4 is 5.73 Å². The minimum Gasteiger partial charge on any atom is -0.444 e. The van der Waals surface area contributed by atoms with Gasteiger partial charge in [-0.15, -0.1) is 0 Å². The largest absolute Gasteiger partial charge is 0.444 e. The molecule has 0 aliphatic heterocycles. The van der Waals surface area contributed by atoms with Crippen LogP contribution in [0.5, 0.6) is 0 Å². The maximum absolute atomic E-state index is 12.4. The molecule has 0 fully saturated rings. The molecule has 0 aliphatic carbocycles. The first-order valence-electron chi connectivity index (χ1n) is 6.49. The Kier molecular flexibility index (Phi) is 4.84. The Hall–Kier alpha value is -1.75. The van der Waals surface area contributed by atoms with Gasteiger partial charge in [0.2, 0.25) is 0 Å². The molecule has 0 saturated heterocycles. The van der Waals surface area contributed by atoms with Gasteiger partial charge in [0.05, 0.1) is 0 Å². The summed E-state index contributed by atoms with van der Waals surface area (Å²) in [6.45, 7) is 3.24. The lowest BCUT2D eigenvalue weighted by Crippen LogP contribution is -2.31. The third-order valence-electron chi connectivity index (χ3n) is 2.89. The molecular weight excluding hydrogens is 320 g/mol. The van der Waals surface area contributed by atoms with Crippen LogP contribution in [0.3, 0.4) is 0 Å². The molecule has 0 unspecified atom stereocenters. The zero-order chi connectivity index (χ0) is 14.5. The first-order chi connectivity index (χ1) is 9.60. The number of rotatable bonds is 5. The van der Waals surface area contributed by atoms with Gasteiger partial charge in [0.1, 0.15) is 0 Å². The lowest BCUT2D eigenvalue weighted by Gasteiger charge is -2.21. The summed E-state index contributed by atoms with van der Waals surface area (Å²) >= 11 is 3.21. The van der Waals surface area contributed by atoms with Gasteiger partial charge in [0, 0.05) is 18.8 Å². The summed E-state index contributed by atoms with van der Waals surface area (Å²) < 4.78 is 5.89. The Morgan fingerprint density at radius 1 is 1.35 bits per heavy atom. The Bertz CT molecular complexity index is 595. The molecule has 0 atom stereocenters. The van der Waals surface area contributed by atoms with E-state index in [-0.39, 0.29) is 5.91 Å². The maximum atomic E-state index is 12.4. The van der Waals surface area contributed by atoms with Crippen molar-refractivity contribution in [2.75, 3.05) is 12.3 Å². The number of halogens is 1. The zero-order valence-electron chi connectivity index (χ0n) is 11.3. The molecule has 0 radical (unpaired) electrons. The van der Waals surface area contributed by atoms with Gasteiger partial charge in [-0.05, 0) is 52.2 Å². The fourth-order valence-electron chi connectivity index (χ4n) is 2.02. The van der Waals surface area contributed by atoms with E-state index in [0.29, 0.717) is 29.2 Å². The molecule has 106 valence electrons. The topological polar surface area (TPSA) is 59.5 Å². The summed E-state index contributed by atoms with van der Waals surface area (Å²) in [5.74, 6) is 0.231. The number of furan rings is 1. The fraction of sp³-hybridized carbons (Fsp3) is 0.267. The lowest BCUT2D eigenvalue weighted by atomic mass is 10.2. The summed E-state index contributed by atoms with van der Waals surface area (Å²) in [4.78, 5) is 14.2. The number of hydrogen-bond acceptors (Lipinski definition) is 3. The van der Waals surface area contributed by atoms with E-state index in [1.807, 2.05) is 31.2 Å². The van der Waals surface area contributed by atoms with Crippen molar-refractivity contribution < 1.29 is 9.21 Å². The van der Waals surface area contributed by atoms with Crippen LogP contribution in [0.15, 0.2) is 45.5 Å². The number of benzene rings is 1. The van der Waals surface area contributed by atoms with Crippen molar-refractivity contribution in [1.29, 1.82) is 0 Å². The van der Waals surface area contributed by atoms with Crippen LogP contribution in [-0.4, -0.2) is 17.4 Å². The molecule has 2 rings (SSSR count). The van der Waals surface area contributed by atoms with Crippen LogP contribution in [0.25, 0.3) is 0 Å². The number of nitrogen functional groups attached to an aromatic ring is 1. The molecule has 0 aliphatic rings. The average Bonchev–Trinajstić information content (AvgIpc) is 2.84. The number of hydrogen-bond donors (Lipinski definition) is 1. The van der Waals surface area contributed by atoms with Crippen molar-refractivity contribution in [3.8, 4) is 0 Å². The van der Waals surface area contributed by atoms with Gasteiger partial charge < -0.3 is 15.1 Å². The van der Waals surface area contributed by atoms with Gasteiger partial charge in [-0.1, -0.05) is 19.1 Å². The highest BCUT2D eigenvalue weighted by Crippen LogP contribution is 2.18. The molecule has 1 aromatic carbocycles. The molecule has 2 N–H and O–H groups in total. The van der Waals surface area contributed by atoms with Crippen LogP contribution in [0.2, 0.25) is 0 Å². The Balaban J connectivity index is 2.16. The summed E-state index contributed by atoms with van der Waals surface area (Å²) in [6.07, 6.45) is 0.885. The Labute approximate surface area is 126 Å². The third kappa shape index (κ3) is 3.63. The van der Waals surface area contributed by atoms with Gasteiger partial charge in [-0.3, -0.25) is 4.79 Å². The predicted molar refractivity (Wildman–Crippen MR) is 82.3 cm³/mol. The highest BCUT2D eigenvalue weighted by atomic mass is 79.9. The SMILES string of the molecule is CCCN(Cc1cccc(N)c1)C(=O)c1ccc(Br)o1. The van der Waals surface area contributed by atoms with Crippen LogP contribution in [-0.2, 0) is 6.54 Å². The monoisotopic (exact) mass is 336 g/mol. The van der Waals surface area contributed by atoms with E-state index < -0.39 is 0 Å². The molecule has 0 bridgehead atoms. The smallest absolute Gasteiger partial charge is 0.289 e. The van der Waals surface area contributed by atoms with Gasteiger partial charge in [0.25, 0.3) is 5.91 Å².